The van der Waals surface area contributed by atoms with Gasteiger partial charge in [-0.15, -0.1) is 0 Å². The summed E-state index contributed by atoms with van der Waals surface area (Å²) in [7, 11) is 0. The van der Waals surface area contributed by atoms with E-state index < -0.39 is 5.92 Å². The van der Waals surface area contributed by atoms with Gasteiger partial charge in [-0.25, -0.2) is 0 Å². The van der Waals surface area contributed by atoms with E-state index in [9.17, 15) is 8.78 Å². The van der Waals surface area contributed by atoms with Crippen LogP contribution < -0.4 is 5.32 Å². The third kappa shape index (κ3) is 1.54. The molecule has 1 heterocycles. The van der Waals surface area contributed by atoms with Gasteiger partial charge in [-0.05, 0) is 17.7 Å². The Morgan fingerprint density at radius 2 is 2.15 bits per heavy atom. The van der Waals surface area contributed by atoms with Crippen molar-refractivity contribution >= 4 is 11.6 Å². The van der Waals surface area contributed by atoms with Gasteiger partial charge in [-0.3, -0.25) is 0 Å². The third-order valence-corrected chi connectivity index (χ3v) is 2.36. The van der Waals surface area contributed by atoms with Crippen molar-refractivity contribution in [1.29, 1.82) is 0 Å². The van der Waals surface area contributed by atoms with Crippen LogP contribution in [0.25, 0.3) is 0 Å². The van der Waals surface area contributed by atoms with E-state index >= 15 is 0 Å². The molecule has 1 N–H and O–H groups in total. The van der Waals surface area contributed by atoms with Crippen LogP contribution in [0.4, 0.5) is 8.78 Å². The zero-order valence-corrected chi connectivity index (χ0v) is 7.54. The van der Waals surface area contributed by atoms with Gasteiger partial charge in [-0.2, -0.15) is 8.78 Å². The Labute approximate surface area is 79.7 Å². The molecule has 70 valence electrons. The van der Waals surface area contributed by atoms with Gasteiger partial charge in [-0.1, -0.05) is 17.7 Å². The first-order valence-electron chi connectivity index (χ1n) is 3.97. The van der Waals surface area contributed by atoms with Gasteiger partial charge in [0.2, 0.25) is 0 Å². The Bertz CT molecular complexity index is 338. The molecule has 0 saturated heterocycles. The maximum absolute atomic E-state index is 13.3. The smallest absolute Gasteiger partial charge is 0.285 e. The highest BCUT2D eigenvalue weighted by Crippen LogP contribution is 2.34. The number of fused-ring (bicyclic) bond motifs is 1. The average Bonchev–Trinajstić information content (AvgIpc) is 2.06. The summed E-state index contributed by atoms with van der Waals surface area (Å²) < 4.78 is 26.5. The Kier molecular flexibility index (Phi) is 2.00. The topological polar surface area (TPSA) is 12.0 Å². The number of hydrogen-bond acceptors (Lipinski definition) is 1. The van der Waals surface area contributed by atoms with E-state index in [1.54, 1.807) is 12.1 Å². The molecular weight excluding hydrogens is 196 g/mol. The second-order valence-corrected chi connectivity index (χ2v) is 3.55. The predicted octanol–water partition coefficient (Wildman–Crippen LogP) is 2.54. The van der Waals surface area contributed by atoms with Crippen LogP contribution in [0.1, 0.15) is 11.1 Å². The zero-order chi connectivity index (χ0) is 9.47. The first-order chi connectivity index (χ1) is 6.09. The van der Waals surface area contributed by atoms with Crippen molar-refractivity contribution in [1.82, 2.24) is 5.32 Å². The maximum Gasteiger partial charge on any atom is 0.285 e. The van der Waals surface area contributed by atoms with Gasteiger partial charge in [0.15, 0.2) is 0 Å². The van der Waals surface area contributed by atoms with E-state index in [-0.39, 0.29) is 12.1 Å². The van der Waals surface area contributed by atoms with Gasteiger partial charge in [0.25, 0.3) is 5.92 Å². The first kappa shape index (κ1) is 8.91. The predicted molar refractivity (Wildman–Crippen MR) is 47.1 cm³/mol. The SMILES string of the molecule is FC1(F)CNCc2ccc(Cl)cc21. The summed E-state index contributed by atoms with van der Waals surface area (Å²) in [6.07, 6.45) is 0. The Balaban J connectivity index is 2.55. The average molecular weight is 204 g/mol. The molecule has 0 aromatic heterocycles. The highest BCUT2D eigenvalue weighted by Gasteiger charge is 2.36. The molecule has 1 aromatic rings. The Morgan fingerprint density at radius 3 is 2.92 bits per heavy atom. The lowest BCUT2D eigenvalue weighted by Gasteiger charge is -2.25. The number of rotatable bonds is 0. The minimum Gasteiger partial charge on any atom is -0.307 e. The highest BCUT2D eigenvalue weighted by molar-refractivity contribution is 6.30. The normalized spacial score (nSPS) is 19.6. The fourth-order valence-electron chi connectivity index (χ4n) is 1.49. The molecule has 0 bridgehead atoms. The van der Waals surface area contributed by atoms with Crippen molar-refractivity contribution in [2.45, 2.75) is 12.5 Å². The molecule has 1 nitrogen and oxygen atoms in total. The monoisotopic (exact) mass is 203 g/mol. The molecule has 4 heteroatoms. The molecular formula is C9H8ClF2N. The van der Waals surface area contributed by atoms with Crippen LogP contribution in [0.5, 0.6) is 0 Å². The molecule has 1 aromatic carbocycles. The number of hydrogen-bond donors (Lipinski definition) is 1. The van der Waals surface area contributed by atoms with E-state index in [2.05, 4.69) is 5.32 Å². The molecule has 0 spiro atoms. The molecule has 0 saturated carbocycles. The largest absolute Gasteiger partial charge is 0.307 e. The summed E-state index contributed by atoms with van der Waals surface area (Å²) in [6.45, 7) is 0.183. The minimum absolute atomic E-state index is 0.0544. The van der Waals surface area contributed by atoms with Crippen molar-refractivity contribution < 1.29 is 8.78 Å². The van der Waals surface area contributed by atoms with Gasteiger partial charge < -0.3 is 5.32 Å². The second-order valence-electron chi connectivity index (χ2n) is 3.11. The van der Waals surface area contributed by atoms with Crippen LogP contribution >= 0.6 is 11.6 Å². The summed E-state index contributed by atoms with van der Waals surface area (Å²) in [5, 5.41) is 3.02. The van der Waals surface area contributed by atoms with E-state index in [0.29, 0.717) is 17.1 Å². The minimum atomic E-state index is -2.79. The summed E-state index contributed by atoms with van der Waals surface area (Å²) >= 11 is 5.65. The van der Waals surface area contributed by atoms with Crippen LogP contribution in [0, 0.1) is 0 Å². The molecule has 13 heavy (non-hydrogen) atoms. The second kappa shape index (κ2) is 2.93. The summed E-state index contributed by atoms with van der Waals surface area (Å²) in [5.74, 6) is -2.79. The van der Waals surface area contributed by atoms with E-state index in [4.69, 9.17) is 11.6 Å². The molecule has 0 aliphatic carbocycles. The van der Waals surface area contributed by atoms with Crippen molar-refractivity contribution in [2.75, 3.05) is 6.54 Å². The van der Waals surface area contributed by atoms with Crippen molar-refractivity contribution in [3.8, 4) is 0 Å². The quantitative estimate of drug-likeness (QED) is 0.683. The van der Waals surface area contributed by atoms with Crippen LogP contribution in [0.3, 0.4) is 0 Å². The molecule has 0 unspecified atom stereocenters. The number of nitrogens with one attached hydrogen (secondary N) is 1. The lowest BCUT2D eigenvalue weighted by Crippen LogP contribution is -2.36. The Morgan fingerprint density at radius 1 is 1.38 bits per heavy atom. The van der Waals surface area contributed by atoms with Crippen molar-refractivity contribution in [3.63, 3.8) is 0 Å². The van der Waals surface area contributed by atoms with E-state index in [1.807, 2.05) is 0 Å². The number of benzene rings is 1. The molecule has 1 aliphatic rings. The summed E-state index contributed by atoms with van der Waals surface area (Å²) in [5.41, 5.74) is 0.680. The molecule has 0 fully saturated rings. The lowest BCUT2D eigenvalue weighted by molar-refractivity contribution is -0.0107. The maximum atomic E-state index is 13.3. The van der Waals surface area contributed by atoms with Gasteiger partial charge >= 0.3 is 0 Å². The van der Waals surface area contributed by atoms with Crippen LogP contribution in [-0.2, 0) is 12.5 Å². The molecule has 0 amide bonds. The number of halogens is 3. The van der Waals surface area contributed by atoms with E-state index in [0.717, 1.165) is 0 Å². The van der Waals surface area contributed by atoms with Gasteiger partial charge in [0, 0.05) is 17.1 Å². The van der Waals surface area contributed by atoms with Crippen LogP contribution in [0.2, 0.25) is 5.02 Å². The van der Waals surface area contributed by atoms with Gasteiger partial charge in [0.05, 0.1) is 6.54 Å². The van der Waals surface area contributed by atoms with Crippen LogP contribution in [0.15, 0.2) is 18.2 Å². The van der Waals surface area contributed by atoms with Crippen LogP contribution in [-0.4, -0.2) is 6.54 Å². The molecule has 1 aliphatic heterocycles. The number of alkyl halides is 2. The Hall–Kier alpha value is -0.670. The molecule has 0 radical (unpaired) electrons. The van der Waals surface area contributed by atoms with Crippen molar-refractivity contribution in [3.05, 3.63) is 34.3 Å². The zero-order valence-electron chi connectivity index (χ0n) is 6.78. The first-order valence-corrected chi connectivity index (χ1v) is 4.35. The third-order valence-electron chi connectivity index (χ3n) is 2.13. The standard InChI is InChI=1S/C9H8ClF2N/c10-7-2-1-6-4-13-5-9(11,12)8(6)3-7/h1-3,13H,4-5H2. The lowest BCUT2D eigenvalue weighted by atomic mass is 9.98. The molecule has 2 rings (SSSR count). The highest BCUT2D eigenvalue weighted by atomic mass is 35.5. The van der Waals surface area contributed by atoms with Crippen molar-refractivity contribution in [2.24, 2.45) is 0 Å². The van der Waals surface area contributed by atoms with Gasteiger partial charge in [0.1, 0.15) is 0 Å². The molecule has 0 atom stereocenters. The summed E-state index contributed by atoms with van der Waals surface area (Å²) in [4.78, 5) is 0. The summed E-state index contributed by atoms with van der Waals surface area (Å²) in [6, 6.07) is 4.61. The van der Waals surface area contributed by atoms with E-state index in [1.165, 1.54) is 6.07 Å². The fourth-order valence-corrected chi connectivity index (χ4v) is 1.66. The fraction of sp³-hybridized carbons (Fsp3) is 0.333.